The van der Waals surface area contributed by atoms with Crippen LogP contribution in [0.25, 0.3) is 15.5 Å². The molecule has 8 heteroatoms. The number of nitrogens with zero attached hydrogens (tertiary/aromatic N) is 4. The van der Waals surface area contributed by atoms with Crippen molar-refractivity contribution in [3.63, 3.8) is 0 Å². The van der Waals surface area contributed by atoms with Crippen LogP contribution in [-0.4, -0.2) is 25.7 Å². The molecule has 0 aliphatic rings. The minimum Gasteiger partial charge on any atom is -0.321 e. The minimum absolute atomic E-state index is 0.101. The van der Waals surface area contributed by atoms with Crippen LogP contribution in [0, 0.1) is 0 Å². The molecule has 0 radical (unpaired) electrons. The maximum Gasteiger partial charge on any atom is 0.265 e. The Bertz CT molecular complexity index is 1020. The molecule has 4 aromatic rings. The molecule has 1 amide bonds. The summed E-state index contributed by atoms with van der Waals surface area (Å²) in [5.41, 5.74) is 1.69. The third-order valence-corrected chi connectivity index (χ3v) is 5.46. The monoisotopic (exact) mass is 369 g/mol. The molecule has 0 spiro atoms. The van der Waals surface area contributed by atoms with E-state index in [-0.39, 0.29) is 5.91 Å². The number of rotatable bonds is 5. The van der Waals surface area contributed by atoms with Crippen molar-refractivity contribution in [2.24, 2.45) is 0 Å². The third kappa shape index (κ3) is 3.18. The molecule has 3 heterocycles. The molecule has 0 bridgehead atoms. The first-order chi connectivity index (χ1) is 12.2. The fraction of sp³-hybridized carbons (Fsp3) is 0.176. The van der Waals surface area contributed by atoms with Crippen LogP contribution in [0.4, 0.5) is 5.69 Å². The highest BCUT2D eigenvalue weighted by Gasteiger charge is 2.13. The van der Waals surface area contributed by atoms with Crippen molar-refractivity contribution in [1.82, 2.24) is 19.8 Å². The molecule has 0 saturated carbocycles. The molecule has 6 nitrogen and oxygen atoms in total. The van der Waals surface area contributed by atoms with Gasteiger partial charge in [-0.2, -0.15) is 9.61 Å². The first kappa shape index (κ1) is 15.9. The van der Waals surface area contributed by atoms with Crippen LogP contribution in [-0.2, 0) is 6.42 Å². The lowest BCUT2D eigenvalue weighted by Crippen LogP contribution is -2.09. The van der Waals surface area contributed by atoms with Gasteiger partial charge in [-0.1, -0.05) is 36.5 Å². The van der Waals surface area contributed by atoms with Gasteiger partial charge in [0.25, 0.3) is 5.91 Å². The fourth-order valence-electron chi connectivity index (χ4n) is 2.48. The van der Waals surface area contributed by atoms with Crippen LogP contribution in [0.1, 0.15) is 28.8 Å². The van der Waals surface area contributed by atoms with Crippen molar-refractivity contribution >= 4 is 39.2 Å². The Hall–Kier alpha value is -2.58. The van der Waals surface area contributed by atoms with E-state index in [4.69, 9.17) is 0 Å². The number of hydrogen-bond acceptors (Lipinski definition) is 6. The lowest BCUT2D eigenvalue weighted by atomic mass is 10.2. The minimum atomic E-state index is -0.101. The Morgan fingerprint density at radius 3 is 2.96 bits per heavy atom. The average molecular weight is 369 g/mol. The van der Waals surface area contributed by atoms with Gasteiger partial charge in [0.15, 0.2) is 5.82 Å². The molecule has 0 aliphatic carbocycles. The lowest BCUT2D eigenvalue weighted by molar-refractivity contribution is 0.103. The summed E-state index contributed by atoms with van der Waals surface area (Å²) in [6.45, 7) is 2.11. The van der Waals surface area contributed by atoms with E-state index in [0.717, 1.165) is 39.9 Å². The Morgan fingerprint density at radius 1 is 1.24 bits per heavy atom. The van der Waals surface area contributed by atoms with E-state index in [9.17, 15) is 4.79 Å². The first-order valence-corrected chi connectivity index (χ1v) is 9.60. The molecule has 0 saturated heterocycles. The van der Waals surface area contributed by atoms with Gasteiger partial charge in [0, 0.05) is 17.7 Å². The Balaban J connectivity index is 1.62. The van der Waals surface area contributed by atoms with Crippen LogP contribution in [0.3, 0.4) is 0 Å². The van der Waals surface area contributed by atoms with Gasteiger partial charge in [-0.15, -0.1) is 21.5 Å². The largest absolute Gasteiger partial charge is 0.321 e. The number of carbonyl (C=O) groups excluding carboxylic acids is 1. The lowest BCUT2D eigenvalue weighted by Gasteiger charge is -2.05. The van der Waals surface area contributed by atoms with Gasteiger partial charge < -0.3 is 5.32 Å². The zero-order valence-electron chi connectivity index (χ0n) is 13.5. The smallest absolute Gasteiger partial charge is 0.265 e. The Morgan fingerprint density at radius 2 is 2.16 bits per heavy atom. The predicted octanol–water partition coefficient (Wildman–Crippen LogP) is 4.12. The quantitative estimate of drug-likeness (QED) is 0.574. The predicted molar refractivity (Wildman–Crippen MR) is 100 cm³/mol. The second-order valence-corrected chi connectivity index (χ2v) is 7.38. The van der Waals surface area contributed by atoms with E-state index in [1.807, 2.05) is 41.8 Å². The molecule has 4 rings (SSSR count). The molecule has 3 aromatic heterocycles. The SMILES string of the molecule is CCCc1nnc2sc(-c3cccc(NC(=O)c4cccs4)c3)nn12. The zero-order valence-corrected chi connectivity index (χ0v) is 15.1. The van der Waals surface area contributed by atoms with Crippen molar-refractivity contribution < 1.29 is 4.79 Å². The maximum absolute atomic E-state index is 12.2. The number of amides is 1. The van der Waals surface area contributed by atoms with Gasteiger partial charge in [0.2, 0.25) is 4.96 Å². The summed E-state index contributed by atoms with van der Waals surface area (Å²) in [7, 11) is 0. The molecule has 25 heavy (non-hydrogen) atoms. The van der Waals surface area contributed by atoms with Crippen molar-refractivity contribution in [1.29, 1.82) is 0 Å². The molecule has 1 N–H and O–H groups in total. The highest BCUT2D eigenvalue weighted by atomic mass is 32.1. The van der Waals surface area contributed by atoms with Crippen molar-refractivity contribution in [3.8, 4) is 10.6 Å². The fourth-order valence-corrected chi connectivity index (χ4v) is 3.96. The second kappa shape index (κ2) is 6.73. The van der Waals surface area contributed by atoms with Gasteiger partial charge in [-0.3, -0.25) is 4.79 Å². The number of nitrogens with one attached hydrogen (secondary N) is 1. The highest BCUT2D eigenvalue weighted by molar-refractivity contribution is 7.19. The molecule has 0 unspecified atom stereocenters. The number of fused-ring (bicyclic) bond motifs is 1. The van der Waals surface area contributed by atoms with Crippen molar-refractivity contribution in [3.05, 3.63) is 52.5 Å². The summed E-state index contributed by atoms with van der Waals surface area (Å²) < 4.78 is 1.81. The Labute approximate surface area is 152 Å². The van der Waals surface area contributed by atoms with Gasteiger partial charge >= 0.3 is 0 Å². The van der Waals surface area contributed by atoms with Crippen LogP contribution < -0.4 is 5.32 Å². The van der Waals surface area contributed by atoms with Crippen LogP contribution in [0.5, 0.6) is 0 Å². The molecular formula is C17H15N5OS2. The van der Waals surface area contributed by atoms with Crippen LogP contribution in [0.15, 0.2) is 41.8 Å². The van der Waals surface area contributed by atoms with Crippen molar-refractivity contribution in [2.45, 2.75) is 19.8 Å². The number of hydrogen-bond donors (Lipinski definition) is 1. The number of thiophene rings is 1. The number of aryl methyl sites for hydroxylation is 1. The summed E-state index contributed by atoms with van der Waals surface area (Å²) in [5, 5.41) is 18.7. The number of carbonyl (C=O) groups is 1. The molecule has 0 aliphatic heterocycles. The molecule has 1 aromatic carbocycles. The zero-order chi connectivity index (χ0) is 17.2. The standard InChI is InChI=1S/C17H15N5OS2/c1-2-5-14-19-20-17-22(14)21-16(25-17)11-6-3-7-12(10-11)18-15(23)13-8-4-9-24-13/h3-4,6-10H,2,5H2,1H3,(H,18,23). The first-order valence-electron chi connectivity index (χ1n) is 7.91. The summed E-state index contributed by atoms with van der Waals surface area (Å²) in [5.74, 6) is 0.776. The maximum atomic E-state index is 12.2. The number of benzene rings is 1. The van der Waals surface area contributed by atoms with Crippen molar-refractivity contribution in [2.75, 3.05) is 5.32 Å². The molecule has 126 valence electrons. The summed E-state index contributed by atoms with van der Waals surface area (Å²) in [6, 6.07) is 11.4. The normalized spacial score (nSPS) is 11.1. The topological polar surface area (TPSA) is 72.2 Å². The summed E-state index contributed by atoms with van der Waals surface area (Å²) in [6.07, 6.45) is 1.85. The Kier molecular flexibility index (Phi) is 4.29. The van der Waals surface area contributed by atoms with E-state index in [1.165, 1.54) is 22.7 Å². The van der Waals surface area contributed by atoms with Gasteiger partial charge in [-0.05, 0) is 30.0 Å². The molecular weight excluding hydrogens is 354 g/mol. The average Bonchev–Trinajstić information content (AvgIpc) is 3.34. The van der Waals surface area contributed by atoms with Crippen LogP contribution >= 0.6 is 22.7 Å². The molecule has 0 atom stereocenters. The number of aromatic nitrogens is 4. The highest BCUT2D eigenvalue weighted by Crippen LogP contribution is 2.28. The van der Waals surface area contributed by atoms with Gasteiger partial charge in [0.05, 0.1) is 4.88 Å². The van der Waals surface area contributed by atoms with E-state index in [0.29, 0.717) is 4.88 Å². The third-order valence-electron chi connectivity index (χ3n) is 3.64. The van der Waals surface area contributed by atoms with Gasteiger partial charge in [0.1, 0.15) is 5.01 Å². The van der Waals surface area contributed by atoms with Crippen LogP contribution in [0.2, 0.25) is 0 Å². The molecule has 0 fully saturated rings. The van der Waals surface area contributed by atoms with Gasteiger partial charge in [-0.25, -0.2) is 0 Å². The van der Waals surface area contributed by atoms with E-state index < -0.39 is 0 Å². The van der Waals surface area contributed by atoms with E-state index in [2.05, 4.69) is 27.5 Å². The number of anilines is 1. The summed E-state index contributed by atoms with van der Waals surface area (Å²) in [4.78, 5) is 13.7. The second-order valence-electron chi connectivity index (χ2n) is 5.48. The summed E-state index contributed by atoms with van der Waals surface area (Å²) >= 11 is 2.91. The van der Waals surface area contributed by atoms with E-state index in [1.54, 1.807) is 4.52 Å². The van der Waals surface area contributed by atoms with E-state index >= 15 is 0 Å².